The van der Waals surface area contributed by atoms with Gasteiger partial charge in [-0.05, 0) is 92.9 Å². The third-order valence-corrected chi connectivity index (χ3v) is 11.0. The smallest absolute Gasteiger partial charge is 0.371 e. The number of hydrogen-bond acceptors (Lipinski definition) is 6. The number of benzene rings is 3. The number of likely N-dealkylation sites (tertiary alicyclic amines) is 1. The molecule has 2 saturated heterocycles. The van der Waals surface area contributed by atoms with Crippen LogP contribution in [0.1, 0.15) is 69.5 Å². The number of nitrogens with one attached hydrogen (secondary N) is 1. The molecule has 3 heterocycles. The molecule has 44 heavy (non-hydrogen) atoms. The number of nitrogens with zero attached hydrogens (tertiary/aromatic N) is 2. The summed E-state index contributed by atoms with van der Waals surface area (Å²) in [7, 11) is -4.16. The average molecular weight is 646 g/mol. The monoisotopic (exact) mass is 645 g/mol. The number of alkyl halides is 3. The number of hydrogen-bond donors (Lipinski definition) is 1. The molecule has 2 fully saturated rings. The van der Waals surface area contributed by atoms with Gasteiger partial charge < -0.3 is 15.1 Å². The second-order valence-electron chi connectivity index (χ2n) is 11.5. The maximum Gasteiger partial charge on any atom is 0.416 e. The molecule has 0 radical (unpaired) electrons. The van der Waals surface area contributed by atoms with Gasteiger partial charge in [0.1, 0.15) is 0 Å². The van der Waals surface area contributed by atoms with Crippen molar-refractivity contribution in [2.75, 3.05) is 31.1 Å². The molecular formula is C32H31ClF3N3O4S. The molecule has 0 aromatic heterocycles. The lowest BCUT2D eigenvalue weighted by Crippen LogP contribution is -2.46. The van der Waals surface area contributed by atoms with Gasteiger partial charge in [-0.1, -0.05) is 24.1 Å². The largest absolute Gasteiger partial charge is 0.416 e. The molecular weight excluding hydrogens is 615 g/mol. The molecule has 0 saturated carbocycles. The van der Waals surface area contributed by atoms with Gasteiger partial charge in [-0.15, -0.1) is 0 Å². The lowest BCUT2D eigenvalue weighted by molar-refractivity contribution is -0.137. The number of fused-ring (bicyclic) bond motifs is 2. The van der Waals surface area contributed by atoms with Crippen molar-refractivity contribution in [3.05, 3.63) is 87.4 Å². The Morgan fingerprint density at radius 2 is 1.66 bits per heavy atom. The first-order valence-electron chi connectivity index (χ1n) is 14.6. The standard InChI is InChI=1S/C32H31ClF3N3O4S/c33-26-10-7-21(32(34,35)36)17-20(26)19-37-31(41)25-5-4-6-27-29(25)30(40)24-9-8-23(18-28(24)44(27,42)43)39-15-11-22(12-16-39)38-13-2-1-3-14-38/h4-10,17-18,22H,1-3,11-16,19H2,(H,37,41). The Morgan fingerprint density at radius 1 is 0.932 bits per heavy atom. The molecule has 0 aliphatic carbocycles. The minimum absolute atomic E-state index is 0.0208. The molecule has 1 amide bonds. The Hall–Kier alpha value is -3.41. The van der Waals surface area contributed by atoms with E-state index in [9.17, 15) is 31.2 Å². The van der Waals surface area contributed by atoms with Gasteiger partial charge in [-0.25, -0.2) is 8.42 Å². The SMILES string of the molecule is O=C(NCc1cc(C(F)(F)F)ccc1Cl)c1cccc2c1C(=O)c1ccc(N3CCC(N4CCCCC4)CC3)cc1S2(=O)=O. The van der Waals surface area contributed by atoms with Gasteiger partial charge in [0.15, 0.2) is 5.78 Å². The van der Waals surface area contributed by atoms with E-state index in [0.717, 1.165) is 62.9 Å². The number of piperidine rings is 2. The summed E-state index contributed by atoms with van der Waals surface area (Å²) in [5, 5.41) is 2.51. The number of anilines is 1. The van der Waals surface area contributed by atoms with E-state index in [1.165, 1.54) is 43.5 Å². The molecule has 1 N–H and O–H groups in total. The van der Waals surface area contributed by atoms with Gasteiger partial charge in [0.25, 0.3) is 5.91 Å². The van der Waals surface area contributed by atoms with Crippen LogP contribution in [0.5, 0.6) is 0 Å². The van der Waals surface area contributed by atoms with Crippen LogP contribution in [0, 0.1) is 0 Å². The van der Waals surface area contributed by atoms with E-state index in [-0.39, 0.29) is 43.6 Å². The van der Waals surface area contributed by atoms with Crippen LogP contribution in [0.15, 0.2) is 64.4 Å². The fraction of sp³-hybridized carbons (Fsp3) is 0.375. The molecule has 232 valence electrons. The van der Waals surface area contributed by atoms with E-state index in [2.05, 4.69) is 15.1 Å². The van der Waals surface area contributed by atoms with Gasteiger partial charge in [-0.2, -0.15) is 13.2 Å². The van der Waals surface area contributed by atoms with Gasteiger partial charge in [0, 0.05) is 41.9 Å². The number of rotatable bonds is 5. The molecule has 0 atom stereocenters. The predicted octanol–water partition coefficient (Wildman–Crippen LogP) is 6.12. The van der Waals surface area contributed by atoms with Crippen LogP contribution in [0.2, 0.25) is 5.02 Å². The molecule has 7 nitrogen and oxygen atoms in total. The highest BCUT2D eigenvalue weighted by atomic mass is 35.5. The Kier molecular flexibility index (Phi) is 8.23. The molecule has 3 aromatic rings. The molecule has 0 spiro atoms. The summed E-state index contributed by atoms with van der Waals surface area (Å²) < 4.78 is 67.2. The van der Waals surface area contributed by atoms with E-state index in [1.807, 2.05) is 0 Å². The molecule has 3 aromatic carbocycles. The van der Waals surface area contributed by atoms with E-state index in [4.69, 9.17) is 11.6 Å². The number of ketones is 1. The zero-order valence-corrected chi connectivity index (χ0v) is 25.4. The van der Waals surface area contributed by atoms with Crippen LogP contribution in [-0.4, -0.2) is 57.2 Å². The first kappa shape index (κ1) is 30.6. The summed E-state index contributed by atoms with van der Waals surface area (Å²) in [6, 6.07) is 12.1. The van der Waals surface area contributed by atoms with E-state index in [1.54, 1.807) is 12.1 Å². The van der Waals surface area contributed by atoms with Crippen molar-refractivity contribution in [3.63, 3.8) is 0 Å². The highest BCUT2D eigenvalue weighted by Crippen LogP contribution is 2.39. The highest BCUT2D eigenvalue weighted by Gasteiger charge is 2.38. The number of sulfone groups is 1. The van der Waals surface area contributed by atoms with Crippen LogP contribution in [0.4, 0.5) is 18.9 Å². The normalized spacial score (nSPS) is 18.9. The number of halogens is 4. The van der Waals surface area contributed by atoms with Crippen molar-refractivity contribution in [2.24, 2.45) is 0 Å². The molecule has 12 heteroatoms. The van der Waals surface area contributed by atoms with E-state index < -0.39 is 33.3 Å². The van der Waals surface area contributed by atoms with Crippen molar-refractivity contribution in [3.8, 4) is 0 Å². The molecule has 3 aliphatic rings. The molecule has 3 aliphatic heterocycles. The lowest BCUT2D eigenvalue weighted by Gasteiger charge is -2.41. The summed E-state index contributed by atoms with van der Waals surface area (Å²) in [6.45, 7) is 3.46. The van der Waals surface area contributed by atoms with Crippen molar-refractivity contribution < 1.29 is 31.2 Å². The Bertz CT molecular complexity index is 1730. The summed E-state index contributed by atoms with van der Waals surface area (Å²) in [5.41, 5.74) is -0.641. The average Bonchev–Trinajstić information content (AvgIpc) is 3.02. The second kappa shape index (κ2) is 11.8. The van der Waals surface area contributed by atoms with E-state index >= 15 is 0 Å². The van der Waals surface area contributed by atoms with Crippen LogP contribution in [0.25, 0.3) is 0 Å². The third-order valence-electron chi connectivity index (χ3n) is 8.84. The number of amides is 1. The maximum atomic E-state index is 13.8. The first-order chi connectivity index (χ1) is 20.9. The summed E-state index contributed by atoms with van der Waals surface area (Å²) in [5.74, 6) is -1.42. The quantitative estimate of drug-likeness (QED) is 0.282. The summed E-state index contributed by atoms with van der Waals surface area (Å²) in [4.78, 5) is 31.3. The van der Waals surface area contributed by atoms with Crippen LogP contribution in [0.3, 0.4) is 0 Å². The van der Waals surface area contributed by atoms with Crippen molar-refractivity contribution in [1.82, 2.24) is 10.2 Å². The minimum atomic E-state index is -4.60. The molecule has 0 bridgehead atoms. The van der Waals surface area contributed by atoms with Crippen molar-refractivity contribution in [1.29, 1.82) is 0 Å². The van der Waals surface area contributed by atoms with Gasteiger partial charge in [0.05, 0.1) is 26.5 Å². The van der Waals surface area contributed by atoms with Crippen molar-refractivity contribution >= 4 is 38.8 Å². The fourth-order valence-electron chi connectivity index (χ4n) is 6.48. The molecule has 6 rings (SSSR count). The summed E-state index contributed by atoms with van der Waals surface area (Å²) >= 11 is 6.06. The zero-order chi connectivity index (χ0) is 31.2. The van der Waals surface area contributed by atoms with Crippen molar-refractivity contribution in [2.45, 2.75) is 60.7 Å². The number of carbonyl (C=O) groups is 2. The highest BCUT2D eigenvalue weighted by molar-refractivity contribution is 7.91. The second-order valence-corrected chi connectivity index (χ2v) is 13.8. The first-order valence-corrected chi connectivity index (χ1v) is 16.5. The number of carbonyl (C=O) groups excluding carboxylic acids is 2. The Labute approximate surface area is 258 Å². The Morgan fingerprint density at radius 3 is 2.36 bits per heavy atom. The topological polar surface area (TPSA) is 86.8 Å². The third kappa shape index (κ3) is 5.73. The molecule has 0 unspecified atom stereocenters. The lowest BCUT2D eigenvalue weighted by atomic mass is 9.96. The summed E-state index contributed by atoms with van der Waals surface area (Å²) in [6.07, 6.45) is 1.10. The maximum absolute atomic E-state index is 13.8. The predicted molar refractivity (Wildman–Crippen MR) is 160 cm³/mol. The fourth-order valence-corrected chi connectivity index (χ4v) is 8.36. The van der Waals surface area contributed by atoms with Crippen LogP contribution >= 0.6 is 11.6 Å². The Balaban J connectivity index is 1.23. The van der Waals surface area contributed by atoms with E-state index in [0.29, 0.717) is 6.04 Å². The minimum Gasteiger partial charge on any atom is -0.371 e. The van der Waals surface area contributed by atoms with Gasteiger partial charge >= 0.3 is 6.18 Å². The van der Waals surface area contributed by atoms with Crippen LogP contribution < -0.4 is 10.2 Å². The zero-order valence-electron chi connectivity index (χ0n) is 23.8. The van der Waals surface area contributed by atoms with Crippen LogP contribution in [-0.2, 0) is 22.6 Å². The van der Waals surface area contributed by atoms with Gasteiger partial charge in [-0.3, -0.25) is 9.59 Å². The van der Waals surface area contributed by atoms with Gasteiger partial charge in [0.2, 0.25) is 9.84 Å².